The van der Waals surface area contributed by atoms with Crippen LogP contribution in [-0.4, -0.2) is 27.7 Å². The molecule has 1 aliphatic carbocycles. The third kappa shape index (κ3) is 3.45. The van der Waals surface area contributed by atoms with Crippen LogP contribution < -0.4 is 10.1 Å². The second kappa shape index (κ2) is 6.54. The third-order valence-electron chi connectivity index (χ3n) is 4.12. The standard InChI is InChI=1S/C18H23N3O2/c1-13(2)23-17-16(19-10-11-20-17)21-12-18(22)9-5-7-14-6-3-4-8-15(14)18/h3-4,6,8,10-11,13,22H,5,7,9,12H2,1-2H3,(H,19,21). The summed E-state index contributed by atoms with van der Waals surface area (Å²) in [5.41, 5.74) is 1.34. The van der Waals surface area contributed by atoms with Crippen LogP contribution in [0.4, 0.5) is 5.82 Å². The number of aryl methyl sites for hydroxylation is 1. The fraction of sp³-hybridized carbons (Fsp3) is 0.444. The molecule has 3 rings (SSSR count). The zero-order valence-corrected chi connectivity index (χ0v) is 13.6. The van der Waals surface area contributed by atoms with Crippen molar-refractivity contribution in [3.8, 4) is 5.88 Å². The van der Waals surface area contributed by atoms with Gasteiger partial charge in [-0.05, 0) is 44.2 Å². The number of aliphatic hydroxyl groups is 1. The molecule has 1 aliphatic rings. The molecular weight excluding hydrogens is 290 g/mol. The smallest absolute Gasteiger partial charge is 0.257 e. The SMILES string of the molecule is CC(C)Oc1nccnc1NCC1(O)CCCc2ccccc21. The predicted octanol–water partition coefficient (Wildman–Crippen LogP) is 2.90. The van der Waals surface area contributed by atoms with Gasteiger partial charge in [0.25, 0.3) is 5.88 Å². The Morgan fingerprint density at radius 3 is 2.87 bits per heavy atom. The summed E-state index contributed by atoms with van der Waals surface area (Å²) in [6.07, 6.45) is 5.97. The molecule has 0 spiro atoms. The minimum absolute atomic E-state index is 0.0192. The van der Waals surface area contributed by atoms with E-state index >= 15 is 0 Å². The number of nitrogens with zero attached hydrogens (tertiary/aromatic N) is 2. The summed E-state index contributed by atoms with van der Waals surface area (Å²) in [6, 6.07) is 8.10. The maximum Gasteiger partial charge on any atom is 0.257 e. The highest BCUT2D eigenvalue weighted by Crippen LogP contribution is 2.35. The van der Waals surface area contributed by atoms with Gasteiger partial charge >= 0.3 is 0 Å². The third-order valence-corrected chi connectivity index (χ3v) is 4.12. The van der Waals surface area contributed by atoms with Crippen molar-refractivity contribution in [2.24, 2.45) is 0 Å². The first-order valence-corrected chi connectivity index (χ1v) is 8.11. The molecule has 1 atom stereocenters. The lowest BCUT2D eigenvalue weighted by atomic mass is 9.79. The van der Waals surface area contributed by atoms with Gasteiger partial charge in [-0.15, -0.1) is 0 Å². The molecule has 0 saturated carbocycles. The zero-order valence-electron chi connectivity index (χ0n) is 13.6. The van der Waals surface area contributed by atoms with E-state index in [0.717, 1.165) is 24.8 Å². The molecule has 0 bridgehead atoms. The van der Waals surface area contributed by atoms with Crippen LogP contribution in [0.1, 0.15) is 37.8 Å². The summed E-state index contributed by atoms with van der Waals surface area (Å²) in [5.74, 6) is 1.04. The van der Waals surface area contributed by atoms with Crippen LogP contribution in [0.2, 0.25) is 0 Å². The first-order valence-electron chi connectivity index (χ1n) is 8.11. The minimum atomic E-state index is -0.887. The quantitative estimate of drug-likeness (QED) is 0.888. The molecule has 2 aromatic rings. The van der Waals surface area contributed by atoms with Gasteiger partial charge in [-0.2, -0.15) is 0 Å². The van der Waals surface area contributed by atoms with Crippen LogP contribution in [0.25, 0.3) is 0 Å². The Hall–Kier alpha value is -2.14. The first kappa shape index (κ1) is 15.7. The Kier molecular flexibility index (Phi) is 4.48. The van der Waals surface area contributed by atoms with E-state index in [1.54, 1.807) is 12.4 Å². The topological polar surface area (TPSA) is 67.3 Å². The monoisotopic (exact) mass is 313 g/mol. The molecule has 0 aliphatic heterocycles. The van der Waals surface area contributed by atoms with E-state index < -0.39 is 5.60 Å². The summed E-state index contributed by atoms with van der Waals surface area (Å²) in [7, 11) is 0. The van der Waals surface area contributed by atoms with Crippen molar-refractivity contribution in [1.82, 2.24) is 9.97 Å². The van der Waals surface area contributed by atoms with Crippen LogP contribution in [0.3, 0.4) is 0 Å². The number of benzene rings is 1. The highest BCUT2D eigenvalue weighted by atomic mass is 16.5. The molecule has 0 fully saturated rings. The van der Waals surface area contributed by atoms with Gasteiger partial charge in [0, 0.05) is 18.9 Å². The van der Waals surface area contributed by atoms with Crippen molar-refractivity contribution >= 4 is 5.82 Å². The van der Waals surface area contributed by atoms with Gasteiger partial charge in [-0.25, -0.2) is 9.97 Å². The molecule has 1 aromatic heterocycles. The van der Waals surface area contributed by atoms with Crippen LogP contribution in [-0.2, 0) is 12.0 Å². The molecule has 0 radical (unpaired) electrons. The molecule has 5 nitrogen and oxygen atoms in total. The molecule has 5 heteroatoms. The Bertz CT molecular complexity index is 675. The molecule has 1 unspecified atom stereocenters. The number of aromatic nitrogens is 2. The summed E-state index contributed by atoms with van der Waals surface area (Å²) < 4.78 is 5.67. The second-order valence-electron chi connectivity index (χ2n) is 6.27. The number of hydrogen-bond donors (Lipinski definition) is 2. The van der Waals surface area contributed by atoms with Crippen molar-refractivity contribution in [2.75, 3.05) is 11.9 Å². The average molecular weight is 313 g/mol. The summed E-state index contributed by atoms with van der Waals surface area (Å²) in [4.78, 5) is 8.51. The Morgan fingerprint density at radius 2 is 2.04 bits per heavy atom. The maximum absolute atomic E-state index is 11.1. The van der Waals surface area contributed by atoms with Gasteiger partial charge in [0.1, 0.15) is 5.60 Å². The summed E-state index contributed by atoms with van der Waals surface area (Å²) in [5, 5.41) is 14.3. The molecule has 1 heterocycles. The number of rotatable bonds is 5. The van der Waals surface area contributed by atoms with Crippen molar-refractivity contribution < 1.29 is 9.84 Å². The largest absolute Gasteiger partial charge is 0.472 e. The van der Waals surface area contributed by atoms with Crippen molar-refractivity contribution in [1.29, 1.82) is 0 Å². The average Bonchev–Trinajstić information content (AvgIpc) is 2.54. The van der Waals surface area contributed by atoms with E-state index in [4.69, 9.17) is 4.74 Å². The molecule has 23 heavy (non-hydrogen) atoms. The van der Waals surface area contributed by atoms with Crippen LogP contribution >= 0.6 is 0 Å². The van der Waals surface area contributed by atoms with Gasteiger partial charge in [-0.3, -0.25) is 0 Å². The fourth-order valence-corrected chi connectivity index (χ4v) is 3.07. The lowest BCUT2D eigenvalue weighted by Gasteiger charge is -2.34. The highest BCUT2D eigenvalue weighted by molar-refractivity contribution is 5.46. The zero-order chi connectivity index (χ0) is 16.3. The van der Waals surface area contributed by atoms with Crippen LogP contribution in [0.5, 0.6) is 5.88 Å². The van der Waals surface area contributed by atoms with Crippen LogP contribution in [0, 0.1) is 0 Å². The molecule has 1 aromatic carbocycles. The lowest BCUT2D eigenvalue weighted by Crippen LogP contribution is -2.37. The van der Waals surface area contributed by atoms with E-state index in [-0.39, 0.29) is 6.10 Å². The number of hydrogen-bond acceptors (Lipinski definition) is 5. The number of nitrogens with one attached hydrogen (secondary N) is 1. The predicted molar refractivity (Wildman–Crippen MR) is 89.6 cm³/mol. The Morgan fingerprint density at radius 1 is 1.26 bits per heavy atom. The summed E-state index contributed by atoms with van der Waals surface area (Å²) in [6.45, 7) is 4.28. The van der Waals surface area contributed by atoms with E-state index in [2.05, 4.69) is 21.4 Å². The normalized spacial score (nSPS) is 20.2. The van der Waals surface area contributed by atoms with Gasteiger partial charge in [-0.1, -0.05) is 24.3 Å². The highest BCUT2D eigenvalue weighted by Gasteiger charge is 2.34. The van der Waals surface area contributed by atoms with Gasteiger partial charge in [0.2, 0.25) is 0 Å². The number of anilines is 1. The van der Waals surface area contributed by atoms with E-state index in [1.165, 1.54) is 5.56 Å². The molecule has 2 N–H and O–H groups in total. The minimum Gasteiger partial charge on any atom is -0.472 e. The van der Waals surface area contributed by atoms with E-state index in [9.17, 15) is 5.11 Å². The van der Waals surface area contributed by atoms with E-state index in [0.29, 0.717) is 18.2 Å². The second-order valence-corrected chi connectivity index (χ2v) is 6.27. The first-order chi connectivity index (χ1) is 11.1. The fourth-order valence-electron chi connectivity index (χ4n) is 3.07. The summed E-state index contributed by atoms with van der Waals surface area (Å²) >= 11 is 0. The molecular formula is C18H23N3O2. The molecule has 0 saturated heterocycles. The van der Waals surface area contributed by atoms with Crippen molar-refractivity contribution in [3.05, 3.63) is 47.8 Å². The Balaban J connectivity index is 1.79. The van der Waals surface area contributed by atoms with Gasteiger partial charge in [0.05, 0.1) is 6.10 Å². The number of fused-ring (bicyclic) bond motifs is 1. The Labute approximate surface area is 136 Å². The van der Waals surface area contributed by atoms with Crippen molar-refractivity contribution in [2.45, 2.75) is 44.8 Å². The van der Waals surface area contributed by atoms with Crippen molar-refractivity contribution in [3.63, 3.8) is 0 Å². The van der Waals surface area contributed by atoms with Gasteiger partial charge in [0.15, 0.2) is 5.82 Å². The number of ether oxygens (including phenoxy) is 1. The van der Waals surface area contributed by atoms with Gasteiger partial charge < -0.3 is 15.2 Å². The maximum atomic E-state index is 11.1. The van der Waals surface area contributed by atoms with E-state index in [1.807, 2.05) is 32.0 Å². The molecule has 0 amide bonds. The van der Waals surface area contributed by atoms with Crippen LogP contribution in [0.15, 0.2) is 36.7 Å². The molecule has 122 valence electrons. The lowest BCUT2D eigenvalue weighted by molar-refractivity contribution is 0.0321.